The smallest absolute Gasteiger partial charge is 0.224 e. The van der Waals surface area contributed by atoms with Crippen molar-refractivity contribution in [2.75, 3.05) is 26.7 Å². The molecule has 3 rings (SSSR count). The number of likely N-dealkylation sites (tertiary alicyclic amines) is 1. The third-order valence-corrected chi connectivity index (χ3v) is 5.22. The highest BCUT2D eigenvalue weighted by Crippen LogP contribution is 2.24. The molecule has 1 aromatic carbocycles. The number of methoxy groups -OCH3 is 1. The fraction of sp³-hybridized carbons (Fsp3) is 0.550. The first-order valence-electron chi connectivity index (χ1n) is 9.24. The van der Waals surface area contributed by atoms with E-state index in [9.17, 15) is 4.79 Å². The maximum absolute atomic E-state index is 12.5. The van der Waals surface area contributed by atoms with Crippen LogP contribution in [-0.4, -0.2) is 48.6 Å². The van der Waals surface area contributed by atoms with Crippen molar-refractivity contribution in [1.29, 1.82) is 0 Å². The normalized spacial score (nSPS) is 18.6. The maximum atomic E-state index is 12.5. The Balaban J connectivity index is 1.55. The van der Waals surface area contributed by atoms with Gasteiger partial charge in [-0.25, -0.2) is 0 Å². The van der Waals surface area contributed by atoms with Gasteiger partial charge in [0.05, 0.1) is 13.0 Å². The molecule has 1 aromatic heterocycles. The van der Waals surface area contributed by atoms with Crippen LogP contribution in [0.4, 0.5) is 0 Å². The molecule has 1 amide bonds. The average Bonchev–Trinajstić information content (AvgIpc) is 3.04. The summed E-state index contributed by atoms with van der Waals surface area (Å²) in [5.74, 6) is 1.18. The van der Waals surface area contributed by atoms with Gasteiger partial charge in [0.25, 0.3) is 0 Å². The molecule has 1 fully saturated rings. The molecular formula is C20H29N3O2. The van der Waals surface area contributed by atoms with E-state index in [4.69, 9.17) is 4.74 Å². The Hall–Kier alpha value is -2.01. The predicted molar refractivity (Wildman–Crippen MR) is 101 cm³/mol. The van der Waals surface area contributed by atoms with Crippen LogP contribution in [0.5, 0.6) is 5.75 Å². The number of aromatic nitrogens is 1. The first kappa shape index (κ1) is 17.8. The number of H-pyrrole nitrogens is 1. The van der Waals surface area contributed by atoms with Gasteiger partial charge >= 0.3 is 0 Å². The highest BCUT2D eigenvalue weighted by atomic mass is 16.5. The second kappa shape index (κ2) is 7.91. The van der Waals surface area contributed by atoms with Crippen molar-refractivity contribution in [3.8, 4) is 5.75 Å². The molecule has 1 saturated heterocycles. The van der Waals surface area contributed by atoms with E-state index in [0.717, 1.165) is 49.0 Å². The SMILES string of the molecule is COc1ccc2[nH]cc(CCNC(=O)[C@@H]3CCCN(C(C)C)C3)c2c1. The van der Waals surface area contributed by atoms with E-state index in [1.54, 1.807) is 7.11 Å². The number of benzene rings is 1. The van der Waals surface area contributed by atoms with Gasteiger partial charge in [-0.1, -0.05) is 0 Å². The fourth-order valence-corrected chi connectivity index (χ4v) is 3.65. The van der Waals surface area contributed by atoms with Crippen LogP contribution in [-0.2, 0) is 11.2 Å². The number of ether oxygens (including phenoxy) is 1. The van der Waals surface area contributed by atoms with E-state index in [0.29, 0.717) is 12.6 Å². The first-order valence-corrected chi connectivity index (χ1v) is 9.24. The summed E-state index contributed by atoms with van der Waals surface area (Å²) in [6.45, 7) is 7.06. The van der Waals surface area contributed by atoms with Crippen LogP contribution in [0.25, 0.3) is 10.9 Å². The van der Waals surface area contributed by atoms with Crippen LogP contribution in [0.3, 0.4) is 0 Å². The minimum absolute atomic E-state index is 0.124. The van der Waals surface area contributed by atoms with Gasteiger partial charge < -0.3 is 19.9 Å². The average molecular weight is 343 g/mol. The zero-order chi connectivity index (χ0) is 17.8. The first-order chi connectivity index (χ1) is 12.1. The lowest BCUT2D eigenvalue weighted by molar-refractivity contribution is -0.126. The molecule has 1 aliphatic rings. The van der Waals surface area contributed by atoms with Crippen molar-refractivity contribution in [3.05, 3.63) is 30.0 Å². The van der Waals surface area contributed by atoms with E-state index >= 15 is 0 Å². The van der Waals surface area contributed by atoms with Gasteiger partial charge in [-0.3, -0.25) is 4.79 Å². The Labute approximate surface area is 149 Å². The van der Waals surface area contributed by atoms with E-state index < -0.39 is 0 Å². The molecule has 136 valence electrons. The number of nitrogens with one attached hydrogen (secondary N) is 2. The third-order valence-electron chi connectivity index (χ3n) is 5.22. The van der Waals surface area contributed by atoms with Crippen LogP contribution in [0.15, 0.2) is 24.4 Å². The molecule has 0 unspecified atom stereocenters. The summed E-state index contributed by atoms with van der Waals surface area (Å²) in [6.07, 6.45) is 4.95. The third kappa shape index (κ3) is 4.15. The van der Waals surface area contributed by atoms with Gasteiger partial charge in [0.2, 0.25) is 5.91 Å². The largest absolute Gasteiger partial charge is 0.497 e. The van der Waals surface area contributed by atoms with Gasteiger partial charge in [0, 0.05) is 36.2 Å². The van der Waals surface area contributed by atoms with Crippen molar-refractivity contribution in [3.63, 3.8) is 0 Å². The lowest BCUT2D eigenvalue weighted by Gasteiger charge is -2.34. The Bertz CT molecular complexity index is 723. The zero-order valence-electron chi connectivity index (χ0n) is 15.5. The molecule has 2 aromatic rings. The van der Waals surface area contributed by atoms with Crippen molar-refractivity contribution >= 4 is 16.8 Å². The lowest BCUT2D eigenvalue weighted by atomic mass is 9.96. The lowest BCUT2D eigenvalue weighted by Crippen LogP contribution is -2.45. The molecule has 1 aliphatic heterocycles. The van der Waals surface area contributed by atoms with Gasteiger partial charge in [0.1, 0.15) is 5.75 Å². The van der Waals surface area contributed by atoms with Crippen molar-refractivity contribution < 1.29 is 9.53 Å². The molecule has 0 spiro atoms. The van der Waals surface area contributed by atoms with E-state index in [2.05, 4.69) is 29.0 Å². The van der Waals surface area contributed by atoms with Crippen LogP contribution in [0.2, 0.25) is 0 Å². The van der Waals surface area contributed by atoms with Crippen molar-refractivity contribution in [2.24, 2.45) is 5.92 Å². The van der Waals surface area contributed by atoms with E-state index in [1.165, 1.54) is 5.56 Å². The molecule has 2 N–H and O–H groups in total. The molecule has 0 aliphatic carbocycles. The number of piperidine rings is 1. The van der Waals surface area contributed by atoms with Crippen LogP contribution in [0, 0.1) is 5.92 Å². The summed E-state index contributed by atoms with van der Waals surface area (Å²) in [5, 5.41) is 4.30. The summed E-state index contributed by atoms with van der Waals surface area (Å²) in [5.41, 5.74) is 2.31. The second-order valence-electron chi connectivity index (χ2n) is 7.19. The molecular weight excluding hydrogens is 314 g/mol. The van der Waals surface area contributed by atoms with Gasteiger partial charge in [-0.05, 0) is 63.4 Å². The Kier molecular flexibility index (Phi) is 5.63. The molecule has 0 radical (unpaired) electrons. The predicted octanol–water partition coefficient (Wildman–Crippen LogP) is 2.96. The Morgan fingerprint density at radius 1 is 1.44 bits per heavy atom. The highest BCUT2D eigenvalue weighted by molar-refractivity contribution is 5.85. The van der Waals surface area contributed by atoms with Crippen LogP contribution >= 0.6 is 0 Å². The maximum Gasteiger partial charge on any atom is 0.224 e. The number of amides is 1. The standard InChI is InChI=1S/C20H29N3O2/c1-14(2)23-10-4-5-16(13-23)20(24)21-9-8-15-12-22-19-7-6-17(25-3)11-18(15)19/h6-7,11-12,14,16,22H,4-5,8-10,13H2,1-3H3,(H,21,24)/t16-/m1/s1. The Morgan fingerprint density at radius 2 is 2.28 bits per heavy atom. The zero-order valence-corrected chi connectivity index (χ0v) is 15.5. The number of carbonyl (C=O) groups is 1. The highest BCUT2D eigenvalue weighted by Gasteiger charge is 2.26. The number of nitrogens with zero attached hydrogens (tertiary/aromatic N) is 1. The monoisotopic (exact) mass is 343 g/mol. The number of aromatic amines is 1. The number of hydrogen-bond donors (Lipinski definition) is 2. The van der Waals surface area contributed by atoms with Crippen LogP contribution in [0.1, 0.15) is 32.3 Å². The summed E-state index contributed by atoms with van der Waals surface area (Å²) >= 11 is 0. The summed E-state index contributed by atoms with van der Waals surface area (Å²) in [4.78, 5) is 18.2. The number of carbonyl (C=O) groups excluding carboxylic acids is 1. The molecule has 5 heteroatoms. The van der Waals surface area contributed by atoms with Crippen molar-refractivity contribution in [2.45, 2.75) is 39.2 Å². The quantitative estimate of drug-likeness (QED) is 0.848. The molecule has 2 heterocycles. The molecule has 0 saturated carbocycles. The van der Waals surface area contributed by atoms with Gasteiger partial charge in [-0.2, -0.15) is 0 Å². The van der Waals surface area contributed by atoms with E-state index in [1.807, 2.05) is 24.4 Å². The summed E-state index contributed by atoms with van der Waals surface area (Å²) in [6, 6.07) is 6.54. The number of hydrogen-bond acceptors (Lipinski definition) is 3. The molecule has 25 heavy (non-hydrogen) atoms. The van der Waals surface area contributed by atoms with Crippen molar-refractivity contribution in [1.82, 2.24) is 15.2 Å². The number of fused-ring (bicyclic) bond motifs is 1. The molecule has 0 bridgehead atoms. The van der Waals surface area contributed by atoms with E-state index in [-0.39, 0.29) is 11.8 Å². The fourth-order valence-electron chi connectivity index (χ4n) is 3.65. The molecule has 1 atom stereocenters. The van der Waals surface area contributed by atoms with Crippen LogP contribution < -0.4 is 10.1 Å². The minimum atomic E-state index is 0.124. The molecule has 5 nitrogen and oxygen atoms in total. The summed E-state index contributed by atoms with van der Waals surface area (Å²) in [7, 11) is 1.68. The second-order valence-corrected chi connectivity index (χ2v) is 7.19. The Morgan fingerprint density at radius 3 is 3.04 bits per heavy atom. The topological polar surface area (TPSA) is 57.4 Å². The number of rotatable bonds is 6. The summed E-state index contributed by atoms with van der Waals surface area (Å²) < 4.78 is 5.31. The van der Waals surface area contributed by atoms with Gasteiger partial charge in [0.15, 0.2) is 0 Å². The van der Waals surface area contributed by atoms with Gasteiger partial charge in [-0.15, -0.1) is 0 Å². The minimum Gasteiger partial charge on any atom is -0.497 e.